The zero-order chi connectivity index (χ0) is 15.5. The van der Waals surface area contributed by atoms with Gasteiger partial charge >= 0.3 is 0 Å². The lowest BCUT2D eigenvalue weighted by Gasteiger charge is -2.16. The smallest absolute Gasteiger partial charge is 0.145 e. The summed E-state index contributed by atoms with van der Waals surface area (Å²) < 4.78 is 0. The van der Waals surface area contributed by atoms with Crippen LogP contribution in [0.4, 0.5) is 0 Å². The van der Waals surface area contributed by atoms with Crippen molar-refractivity contribution in [1.29, 1.82) is 0 Å². The Morgan fingerprint density at radius 1 is 1.24 bits per heavy atom. The molecule has 1 N–H and O–H groups in total. The summed E-state index contributed by atoms with van der Waals surface area (Å²) in [5.41, 5.74) is 2.34. The van der Waals surface area contributed by atoms with Gasteiger partial charge in [0, 0.05) is 29.6 Å². The van der Waals surface area contributed by atoms with Crippen molar-refractivity contribution >= 4 is 11.3 Å². The molecular formula is C16H24N4S. The van der Waals surface area contributed by atoms with Crippen LogP contribution in [-0.2, 0) is 11.8 Å². The lowest BCUT2D eigenvalue weighted by atomic mass is 9.93. The minimum atomic E-state index is 0.1000. The van der Waals surface area contributed by atoms with Gasteiger partial charge in [0.2, 0.25) is 0 Å². The quantitative estimate of drug-likeness (QED) is 0.919. The van der Waals surface area contributed by atoms with Crippen molar-refractivity contribution in [3.63, 3.8) is 0 Å². The summed E-state index contributed by atoms with van der Waals surface area (Å²) in [6.45, 7) is 11.6. The molecule has 114 valence electrons. The van der Waals surface area contributed by atoms with E-state index in [1.807, 2.05) is 19.3 Å². The molecule has 4 nitrogen and oxygen atoms in total. The summed E-state index contributed by atoms with van der Waals surface area (Å²) in [4.78, 5) is 13.7. The highest BCUT2D eigenvalue weighted by Crippen LogP contribution is 2.26. The first-order chi connectivity index (χ1) is 9.90. The number of aromatic nitrogens is 3. The van der Waals surface area contributed by atoms with E-state index in [4.69, 9.17) is 4.98 Å². The predicted molar refractivity (Wildman–Crippen MR) is 87.7 cm³/mol. The van der Waals surface area contributed by atoms with Crippen LogP contribution in [0.2, 0.25) is 0 Å². The van der Waals surface area contributed by atoms with E-state index in [1.165, 1.54) is 0 Å². The number of rotatable bonds is 5. The van der Waals surface area contributed by atoms with Gasteiger partial charge in [-0.2, -0.15) is 0 Å². The monoisotopic (exact) mass is 304 g/mol. The molecule has 2 rings (SSSR count). The van der Waals surface area contributed by atoms with Gasteiger partial charge in [0.1, 0.15) is 5.82 Å². The molecule has 21 heavy (non-hydrogen) atoms. The molecule has 0 saturated heterocycles. The second-order valence-electron chi connectivity index (χ2n) is 6.31. The third-order valence-electron chi connectivity index (χ3n) is 3.26. The SMILES string of the molecule is CCNC(Cc1nc(C(C)(C)C)cs1)c1ncc(C)cn1. The van der Waals surface area contributed by atoms with Gasteiger partial charge in [0.05, 0.1) is 16.7 Å². The van der Waals surface area contributed by atoms with E-state index < -0.39 is 0 Å². The van der Waals surface area contributed by atoms with Crippen molar-refractivity contribution in [2.45, 2.75) is 52.5 Å². The Hall–Kier alpha value is -1.33. The van der Waals surface area contributed by atoms with Gasteiger partial charge in [-0.05, 0) is 19.0 Å². The highest BCUT2D eigenvalue weighted by atomic mass is 32.1. The number of aryl methyl sites for hydroxylation is 1. The first kappa shape index (κ1) is 16.0. The summed E-state index contributed by atoms with van der Waals surface area (Å²) in [6.07, 6.45) is 4.57. The Labute approximate surface area is 131 Å². The van der Waals surface area contributed by atoms with E-state index in [1.54, 1.807) is 11.3 Å². The summed E-state index contributed by atoms with van der Waals surface area (Å²) in [7, 11) is 0. The van der Waals surface area contributed by atoms with Crippen LogP contribution in [0.25, 0.3) is 0 Å². The van der Waals surface area contributed by atoms with Crippen molar-refractivity contribution in [3.8, 4) is 0 Å². The Morgan fingerprint density at radius 2 is 1.90 bits per heavy atom. The van der Waals surface area contributed by atoms with Crippen LogP contribution in [0.1, 0.15) is 55.8 Å². The maximum Gasteiger partial charge on any atom is 0.145 e. The van der Waals surface area contributed by atoms with Crippen molar-refractivity contribution in [3.05, 3.63) is 39.9 Å². The van der Waals surface area contributed by atoms with Crippen LogP contribution < -0.4 is 5.32 Å². The number of hydrogen-bond acceptors (Lipinski definition) is 5. The summed E-state index contributed by atoms with van der Waals surface area (Å²) in [5, 5.41) is 6.75. The molecule has 0 spiro atoms. The fourth-order valence-corrected chi connectivity index (χ4v) is 3.08. The Balaban J connectivity index is 2.16. The molecule has 0 aliphatic heterocycles. The van der Waals surface area contributed by atoms with Crippen molar-refractivity contribution < 1.29 is 0 Å². The van der Waals surface area contributed by atoms with E-state index in [2.05, 4.69) is 48.4 Å². The first-order valence-electron chi connectivity index (χ1n) is 7.37. The van der Waals surface area contributed by atoms with Gasteiger partial charge in [-0.15, -0.1) is 11.3 Å². The molecule has 5 heteroatoms. The van der Waals surface area contributed by atoms with Crippen molar-refractivity contribution in [1.82, 2.24) is 20.3 Å². The lowest BCUT2D eigenvalue weighted by Crippen LogP contribution is -2.25. The molecular weight excluding hydrogens is 280 g/mol. The molecule has 0 saturated carbocycles. The highest BCUT2D eigenvalue weighted by molar-refractivity contribution is 7.09. The van der Waals surface area contributed by atoms with Gasteiger partial charge in [-0.1, -0.05) is 27.7 Å². The van der Waals surface area contributed by atoms with Crippen molar-refractivity contribution in [2.75, 3.05) is 6.54 Å². The third-order valence-corrected chi connectivity index (χ3v) is 4.13. The molecule has 0 fully saturated rings. The Kier molecular flexibility index (Phi) is 5.06. The van der Waals surface area contributed by atoms with Gasteiger partial charge in [-0.3, -0.25) is 0 Å². The largest absolute Gasteiger partial charge is 0.307 e. The number of hydrogen-bond donors (Lipinski definition) is 1. The zero-order valence-corrected chi connectivity index (χ0v) is 14.3. The fourth-order valence-electron chi connectivity index (χ4n) is 2.01. The summed E-state index contributed by atoms with van der Waals surface area (Å²) in [6, 6.07) is 0.120. The normalized spacial score (nSPS) is 13.4. The minimum absolute atomic E-state index is 0.1000. The van der Waals surface area contributed by atoms with E-state index in [9.17, 15) is 0 Å². The summed E-state index contributed by atoms with van der Waals surface area (Å²) in [5.74, 6) is 0.843. The van der Waals surface area contributed by atoms with Crippen LogP contribution in [0.3, 0.4) is 0 Å². The topological polar surface area (TPSA) is 50.7 Å². The summed E-state index contributed by atoms with van der Waals surface area (Å²) >= 11 is 1.72. The fraction of sp³-hybridized carbons (Fsp3) is 0.562. The highest BCUT2D eigenvalue weighted by Gasteiger charge is 2.20. The lowest BCUT2D eigenvalue weighted by molar-refractivity contribution is 0.515. The predicted octanol–water partition coefficient (Wildman–Crippen LogP) is 3.43. The van der Waals surface area contributed by atoms with Crippen LogP contribution in [0.15, 0.2) is 17.8 Å². The zero-order valence-electron chi connectivity index (χ0n) is 13.5. The van der Waals surface area contributed by atoms with Crippen molar-refractivity contribution in [2.24, 2.45) is 0 Å². The van der Waals surface area contributed by atoms with E-state index in [-0.39, 0.29) is 11.5 Å². The molecule has 2 aromatic rings. The number of nitrogens with zero attached hydrogens (tertiary/aromatic N) is 3. The molecule has 0 aliphatic carbocycles. The van der Waals surface area contributed by atoms with Crippen LogP contribution in [-0.4, -0.2) is 21.5 Å². The average Bonchev–Trinajstić information content (AvgIpc) is 2.88. The van der Waals surface area contributed by atoms with Crippen LogP contribution in [0.5, 0.6) is 0 Å². The molecule has 0 radical (unpaired) electrons. The van der Waals surface area contributed by atoms with E-state index in [0.717, 1.165) is 35.1 Å². The van der Waals surface area contributed by atoms with Gasteiger partial charge in [0.25, 0.3) is 0 Å². The average molecular weight is 304 g/mol. The Bertz CT molecular complexity index is 569. The molecule has 2 heterocycles. The second-order valence-corrected chi connectivity index (χ2v) is 7.25. The Morgan fingerprint density at radius 3 is 2.43 bits per heavy atom. The molecule has 1 unspecified atom stereocenters. The number of likely N-dealkylation sites (N-methyl/N-ethyl adjacent to an activating group) is 1. The van der Waals surface area contributed by atoms with Crippen LogP contribution in [0, 0.1) is 6.92 Å². The van der Waals surface area contributed by atoms with E-state index in [0.29, 0.717) is 0 Å². The molecule has 0 aromatic carbocycles. The molecule has 1 atom stereocenters. The van der Waals surface area contributed by atoms with E-state index >= 15 is 0 Å². The molecule has 2 aromatic heterocycles. The molecule has 0 amide bonds. The molecule has 0 bridgehead atoms. The maximum absolute atomic E-state index is 4.77. The van der Waals surface area contributed by atoms with Gasteiger partial charge in [-0.25, -0.2) is 15.0 Å². The third kappa shape index (κ3) is 4.32. The second kappa shape index (κ2) is 6.62. The number of thiazole rings is 1. The molecule has 0 aliphatic rings. The van der Waals surface area contributed by atoms with Gasteiger partial charge in [0.15, 0.2) is 0 Å². The van der Waals surface area contributed by atoms with Gasteiger partial charge < -0.3 is 5.32 Å². The van der Waals surface area contributed by atoms with Crippen LogP contribution >= 0.6 is 11.3 Å². The minimum Gasteiger partial charge on any atom is -0.307 e. The standard InChI is InChI=1S/C16H24N4S/c1-6-17-12(15-18-8-11(2)9-19-15)7-14-20-13(10-21-14)16(3,4)5/h8-10,12,17H,6-7H2,1-5H3. The first-order valence-corrected chi connectivity index (χ1v) is 8.25. The number of nitrogens with one attached hydrogen (secondary N) is 1. The maximum atomic E-state index is 4.77.